The lowest BCUT2D eigenvalue weighted by Gasteiger charge is -2.02. The third-order valence-corrected chi connectivity index (χ3v) is 2.65. The molecule has 5 nitrogen and oxygen atoms in total. The van der Waals surface area contributed by atoms with Crippen LogP contribution in [-0.2, 0) is 4.74 Å². The van der Waals surface area contributed by atoms with E-state index in [0.717, 1.165) is 43.8 Å². The van der Waals surface area contributed by atoms with Crippen LogP contribution in [0.25, 0.3) is 5.65 Å². The van der Waals surface area contributed by atoms with Crippen molar-refractivity contribution in [3.05, 3.63) is 23.9 Å². The zero-order valence-corrected chi connectivity index (χ0v) is 11.0. The molecule has 0 spiro atoms. The normalized spacial score (nSPS) is 11.0. The van der Waals surface area contributed by atoms with Gasteiger partial charge in [0.05, 0.1) is 0 Å². The Morgan fingerprint density at radius 1 is 1.39 bits per heavy atom. The third kappa shape index (κ3) is 3.20. The molecule has 5 heteroatoms. The maximum absolute atomic E-state index is 5.41. The molecule has 0 radical (unpaired) electrons. The molecule has 2 aromatic rings. The number of anilines is 1. The summed E-state index contributed by atoms with van der Waals surface area (Å²) in [5.74, 6) is 0.680. The number of nitrogens with one attached hydrogen (secondary N) is 1. The van der Waals surface area contributed by atoms with E-state index in [4.69, 9.17) is 4.74 Å². The van der Waals surface area contributed by atoms with Crippen LogP contribution < -0.4 is 5.32 Å². The minimum atomic E-state index is 0.680. The molecule has 0 saturated carbocycles. The molecule has 0 aliphatic heterocycles. The van der Waals surface area contributed by atoms with Crippen LogP contribution in [-0.4, -0.2) is 34.4 Å². The smallest absolute Gasteiger partial charge is 0.243 e. The van der Waals surface area contributed by atoms with Crippen LogP contribution in [0.5, 0.6) is 0 Å². The number of pyridine rings is 1. The molecule has 0 bridgehead atoms. The molecule has 2 heterocycles. The first-order chi connectivity index (χ1) is 8.81. The van der Waals surface area contributed by atoms with Gasteiger partial charge in [0.15, 0.2) is 5.65 Å². The van der Waals surface area contributed by atoms with Crippen LogP contribution in [0.15, 0.2) is 18.3 Å². The van der Waals surface area contributed by atoms with Gasteiger partial charge in [-0.3, -0.25) is 0 Å². The van der Waals surface area contributed by atoms with E-state index in [1.54, 1.807) is 4.52 Å². The number of rotatable bonds is 7. The molecule has 0 amide bonds. The van der Waals surface area contributed by atoms with Gasteiger partial charge in [-0.1, -0.05) is 13.0 Å². The second-order valence-electron chi connectivity index (χ2n) is 4.29. The first-order valence-electron chi connectivity index (χ1n) is 6.45. The highest BCUT2D eigenvalue weighted by atomic mass is 16.5. The summed E-state index contributed by atoms with van der Waals surface area (Å²) >= 11 is 0. The standard InChI is InChI=1S/C13H20N4O/c1-3-9-18-10-5-7-14-13-15-12-11(2)6-4-8-17(12)16-13/h4,6,8H,3,5,7,9-10H2,1-2H3,(H,14,16). The van der Waals surface area contributed by atoms with Gasteiger partial charge in [0.1, 0.15) is 0 Å². The van der Waals surface area contributed by atoms with E-state index in [9.17, 15) is 0 Å². The van der Waals surface area contributed by atoms with Crippen molar-refractivity contribution < 1.29 is 4.74 Å². The van der Waals surface area contributed by atoms with Crippen LogP contribution in [0, 0.1) is 6.92 Å². The van der Waals surface area contributed by atoms with Gasteiger partial charge in [-0.25, -0.2) is 4.52 Å². The topological polar surface area (TPSA) is 51.5 Å². The Hall–Kier alpha value is -1.62. The number of aryl methyl sites for hydroxylation is 1. The van der Waals surface area contributed by atoms with E-state index in [1.165, 1.54) is 0 Å². The van der Waals surface area contributed by atoms with Gasteiger partial charge in [-0.05, 0) is 31.4 Å². The van der Waals surface area contributed by atoms with Crippen molar-refractivity contribution in [2.45, 2.75) is 26.7 Å². The first kappa shape index (κ1) is 12.8. The van der Waals surface area contributed by atoms with E-state index in [-0.39, 0.29) is 0 Å². The van der Waals surface area contributed by atoms with Gasteiger partial charge in [0.2, 0.25) is 5.95 Å². The molecule has 1 N–H and O–H groups in total. The van der Waals surface area contributed by atoms with Crippen LogP contribution in [0.1, 0.15) is 25.3 Å². The molecule has 0 unspecified atom stereocenters. The number of aromatic nitrogens is 3. The largest absolute Gasteiger partial charge is 0.381 e. The SMILES string of the molecule is CCCOCCCNc1nc2c(C)cccn2n1. The molecule has 18 heavy (non-hydrogen) atoms. The summed E-state index contributed by atoms with van der Waals surface area (Å²) < 4.78 is 7.21. The van der Waals surface area contributed by atoms with Gasteiger partial charge in [-0.15, -0.1) is 5.10 Å². The van der Waals surface area contributed by atoms with E-state index >= 15 is 0 Å². The van der Waals surface area contributed by atoms with Crippen molar-refractivity contribution >= 4 is 11.6 Å². The van der Waals surface area contributed by atoms with Crippen molar-refractivity contribution in [2.24, 2.45) is 0 Å². The summed E-state index contributed by atoms with van der Waals surface area (Å²) in [6.07, 6.45) is 3.94. The highest BCUT2D eigenvalue weighted by molar-refractivity contribution is 5.49. The Kier molecular flexibility index (Phi) is 4.52. The van der Waals surface area contributed by atoms with Crippen LogP contribution in [0.4, 0.5) is 5.95 Å². The second kappa shape index (κ2) is 6.35. The minimum absolute atomic E-state index is 0.680. The number of fused-ring (bicyclic) bond motifs is 1. The number of nitrogens with zero attached hydrogens (tertiary/aromatic N) is 3. The van der Waals surface area contributed by atoms with Gasteiger partial charge in [0.25, 0.3) is 0 Å². The zero-order valence-electron chi connectivity index (χ0n) is 11.0. The fraction of sp³-hybridized carbons (Fsp3) is 0.538. The summed E-state index contributed by atoms with van der Waals surface area (Å²) in [5.41, 5.74) is 2.03. The van der Waals surface area contributed by atoms with Crippen molar-refractivity contribution in [3.8, 4) is 0 Å². The zero-order chi connectivity index (χ0) is 12.8. The maximum atomic E-state index is 5.41. The Balaban J connectivity index is 1.83. The summed E-state index contributed by atoms with van der Waals surface area (Å²) in [6.45, 7) is 6.60. The van der Waals surface area contributed by atoms with Crippen molar-refractivity contribution in [3.63, 3.8) is 0 Å². The Labute approximate surface area is 107 Å². The lowest BCUT2D eigenvalue weighted by Crippen LogP contribution is -2.07. The molecule has 0 aliphatic rings. The molecule has 2 rings (SSSR count). The van der Waals surface area contributed by atoms with E-state index in [1.807, 2.05) is 25.3 Å². The van der Waals surface area contributed by atoms with Crippen LogP contribution >= 0.6 is 0 Å². The molecule has 0 fully saturated rings. The molecule has 98 valence electrons. The third-order valence-electron chi connectivity index (χ3n) is 2.65. The fourth-order valence-electron chi connectivity index (χ4n) is 1.74. The van der Waals surface area contributed by atoms with Crippen LogP contribution in [0.2, 0.25) is 0 Å². The summed E-state index contributed by atoms with van der Waals surface area (Å²) in [6, 6.07) is 4.01. The highest BCUT2D eigenvalue weighted by Gasteiger charge is 2.03. The Morgan fingerprint density at radius 2 is 2.28 bits per heavy atom. The van der Waals surface area contributed by atoms with Gasteiger partial charge < -0.3 is 10.1 Å². The maximum Gasteiger partial charge on any atom is 0.243 e. The Bertz CT molecular complexity index is 495. The second-order valence-corrected chi connectivity index (χ2v) is 4.29. The average molecular weight is 248 g/mol. The van der Waals surface area contributed by atoms with Crippen molar-refractivity contribution in [2.75, 3.05) is 25.1 Å². The van der Waals surface area contributed by atoms with E-state index < -0.39 is 0 Å². The Morgan fingerprint density at radius 3 is 3.06 bits per heavy atom. The number of ether oxygens (including phenoxy) is 1. The first-order valence-corrected chi connectivity index (χ1v) is 6.45. The van der Waals surface area contributed by atoms with Crippen molar-refractivity contribution in [1.82, 2.24) is 14.6 Å². The monoisotopic (exact) mass is 248 g/mol. The quantitative estimate of drug-likeness (QED) is 0.764. The summed E-state index contributed by atoms with van der Waals surface area (Å²) in [4.78, 5) is 4.45. The minimum Gasteiger partial charge on any atom is -0.381 e. The molecule has 0 aromatic carbocycles. The highest BCUT2D eigenvalue weighted by Crippen LogP contribution is 2.09. The molecule has 2 aromatic heterocycles. The molecular weight excluding hydrogens is 228 g/mol. The molecule has 0 saturated heterocycles. The lowest BCUT2D eigenvalue weighted by atomic mass is 10.3. The summed E-state index contributed by atoms with van der Waals surface area (Å²) in [5, 5.41) is 7.58. The van der Waals surface area contributed by atoms with E-state index in [0.29, 0.717) is 5.95 Å². The number of hydrogen-bond acceptors (Lipinski definition) is 4. The van der Waals surface area contributed by atoms with Crippen LogP contribution in [0.3, 0.4) is 0 Å². The molecule has 0 atom stereocenters. The molecule has 0 aliphatic carbocycles. The van der Waals surface area contributed by atoms with Gasteiger partial charge in [0, 0.05) is 26.0 Å². The van der Waals surface area contributed by atoms with E-state index in [2.05, 4.69) is 22.3 Å². The van der Waals surface area contributed by atoms with Gasteiger partial charge >= 0.3 is 0 Å². The predicted octanol–water partition coefficient (Wildman–Crippen LogP) is 2.27. The fourth-order valence-corrected chi connectivity index (χ4v) is 1.74. The van der Waals surface area contributed by atoms with Crippen molar-refractivity contribution in [1.29, 1.82) is 0 Å². The lowest BCUT2D eigenvalue weighted by molar-refractivity contribution is 0.134. The number of hydrogen-bond donors (Lipinski definition) is 1. The predicted molar refractivity (Wildman–Crippen MR) is 71.9 cm³/mol. The summed E-state index contributed by atoms with van der Waals surface area (Å²) in [7, 11) is 0. The average Bonchev–Trinajstić information content (AvgIpc) is 2.78. The molecular formula is C13H20N4O. The van der Waals surface area contributed by atoms with Gasteiger partial charge in [-0.2, -0.15) is 4.98 Å².